The summed E-state index contributed by atoms with van der Waals surface area (Å²) in [5, 5.41) is 11.5. The molecule has 6 nitrogen and oxygen atoms in total. The van der Waals surface area contributed by atoms with Gasteiger partial charge in [-0.3, -0.25) is 9.59 Å². The highest BCUT2D eigenvalue weighted by molar-refractivity contribution is 6.32. The smallest absolute Gasteiger partial charge is 0.375 e. The van der Waals surface area contributed by atoms with E-state index < -0.39 is 45.8 Å². The zero-order valence-corrected chi connectivity index (χ0v) is 20.4. The lowest BCUT2D eigenvalue weighted by molar-refractivity contribution is -0.159. The first-order valence-electron chi connectivity index (χ1n) is 11.5. The van der Waals surface area contributed by atoms with Gasteiger partial charge in [0.15, 0.2) is 0 Å². The van der Waals surface area contributed by atoms with E-state index in [-0.39, 0.29) is 36.1 Å². The standard InChI is InChI=1S/C25H32ClFO6/c1-12-8-15-16-10-18(27)17-9-14(33-21(30)13(2)28)6-7-24(17,4)25(16,26)19(29)11-23(15,3)20(12)22(31)32-5/h6-7,9,12,14-16,18-20,29H,8,10-11H2,1-5H3/t12-,14?,15+,16+,18+,19+,20+,23+,24+,25+/m1/s1. The molecule has 0 aromatic rings. The van der Waals surface area contributed by atoms with Crippen molar-refractivity contribution in [1.29, 1.82) is 0 Å². The predicted octanol–water partition coefficient (Wildman–Crippen LogP) is 3.54. The third-order valence-corrected chi connectivity index (χ3v) is 9.96. The fourth-order valence-electron chi connectivity index (χ4n) is 7.59. The highest BCUT2D eigenvalue weighted by Crippen LogP contribution is 2.70. The number of carbonyl (C=O) groups excluding carboxylic acids is 3. The monoisotopic (exact) mass is 482 g/mol. The molecule has 0 aromatic carbocycles. The molecule has 0 aromatic heterocycles. The van der Waals surface area contributed by atoms with Crippen LogP contribution in [0.1, 0.15) is 47.0 Å². The van der Waals surface area contributed by atoms with E-state index in [0.29, 0.717) is 18.4 Å². The molecule has 0 bridgehead atoms. The maximum atomic E-state index is 15.8. The Morgan fingerprint density at radius 2 is 1.88 bits per heavy atom. The van der Waals surface area contributed by atoms with E-state index in [1.54, 1.807) is 12.2 Å². The summed E-state index contributed by atoms with van der Waals surface area (Å²) in [6, 6.07) is 0. The molecule has 4 aliphatic carbocycles. The average molecular weight is 483 g/mol. The fraction of sp³-hybridized carbons (Fsp3) is 0.720. The van der Waals surface area contributed by atoms with Gasteiger partial charge in [0.05, 0.1) is 24.0 Å². The Labute approximate surface area is 198 Å². The summed E-state index contributed by atoms with van der Waals surface area (Å²) in [4.78, 5) is 34.5. The molecule has 4 aliphatic rings. The Hall–Kier alpha value is -1.73. The SMILES string of the molecule is COC(=O)[C@@H]1[C@H](C)C[C@H]2[C@@H]3C[C@H](F)C4=CC(OC(=O)C(C)=O)C=C[C@]4(C)[C@@]3(Cl)[C@@H](O)C[C@]12C. The number of carbonyl (C=O) groups is 3. The van der Waals surface area contributed by atoms with Gasteiger partial charge in [-0.15, -0.1) is 11.6 Å². The van der Waals surface area contributed by atoms with Gasteiger partial charge in [0.2, 0.25) is 5.78 Å². The summed E-state index contributed by atoms with van der Waals surface area (Å²) in [6.07, 6.45) is 2.70. The number of hydrogen-bond donors (Lipinski definition) is 1. The topological polar surface area (TPSA) is 89.9 Å². The van der Waals surface area contributed by atoms with Crippen LogP contribution >= 0.6 is 11.6 Å². The van der Waals surface area contributed by atoms with Gasteiger partial charge >= 0.3 is 11.9 Å². The summed E-state index contributed by atoms with van der Waals surface area (Å²) in [5.41, 5.74) is -1.22. The van der Waals surface area contributed by atoms with Gasteiger partial charge in [-0.2, -0.15) is 0 Å². The highest BCUT2D eigenvalue weighted by Gasteiger charge is 2.72. The van der Waals surface area contributed by atoms with Crippen molar-refractivity contribution in [2.45, 2.75) is 70.2 Å². The molecule has 4 rings (SSSR count). The van der Waals surface area contributed by atoms with Gasteiger partial charge in [0.1, 0.15) is 12.3 Å². The number of alkyl halides is 2. The zero-order chi connectivity index (χ0) is 24.5. The molecule has 0 saturated heterocycles. The molecule has 1 unspecified atom stereocenters. The molecule has 10 atom stereocenters. The van der Waals surface area contributed by atoms with Crippen LogP contribution in [0.3, 0.4) is 0 Å². The first-order valence-corrected chi connectivity index (χ1v) is 11.9. The number of Topliss-reactive ketones (excluding diaryl/α,β-unsaturated/α-hetero) is 1. The van der Waals surface area contributed by atoms with Crippen molar-refractivity contribution in [2.75, 3.05) is 7.11 Å². The number of aliphatic hydroxyl groups is 1. The Morgan fingerprint density at radius 3 is 2.48 bits per heavy atom. The van der Waals surface area contributed by atoms with Crippen molar-refractivity contribution in [3.63, 3.8) is 0 Å². The van der Waals surface area contributed by atoms with E-state index in [1.165, 1.54) is 13.2 Å². The largest absolute Gasteiger partial charge is 0.469 e. The van der Waals surface area contributed by atoms with Crippen molar-refractivity contribution < 1.29 is 33.4 Å². The lowest BCUT2D eigenvalue weighted by Crippen LogP contribution is -2.67. The van der Waals surface area contributed by atoms with Crippen LogP contribution in [0.25, 0.3) is 0 Å². The van der Waals surface area contributed by atoms with E-state index in [9.17, 15) is 19.5 Å². The number of esters is 2. The van der Waals surface area contributed by atoms with E-state index >= 15 is 4.39 Å². The Kier molecular flexibility index (Phi) is 5.85. The number of ether oxygens (including phenoxy) is 2. The van der Waals surface area contributed by atoms with Crippen molar-refractivity contribution in [3.05, 3.63) is 23.8 Å². The van der Waals surface area contributed by atoms with Gasteiger partial charge < -0.3 is 14.6 Å². The van der Waals surface area contributed by atoms with Crippen molar-refractivity contribution in [1.82, 2.24) is 0 Å². The number of ketones is 1. The van der Waals surface area contributed by atoms with Crippen molar-refractivity contribution in [2.24, 2.45) is 34.5 Å². The maximum Gasteiger partial charge on any atom is 0.375 e. The van der Waals surface area contributed by atoms with E-state index in [4.69, 9.17) is 21.1 Å². The first-order chi connectivity index (χ1) is 15.3. The van der Waals surface area contributed by atoms with E-state index in [2.05, 4.69) is 0 Å². The van der Waals surface area contributed by atoms with Gasteiger partial charge in [-0.05, 0) is 60.2 Å². The van der Waals surface area contributed by atoms with Crippen LogP contribution in [0.5, 0.6) is 0 Å². The van der Waals surface area contributed by atoms with Crippen LogP contribution < -0.4 is 0 Å². The molecule has 182 valence electrons. The van der Waals surface area contributed by atoms with E-state index in [0.717, 1.165) is 6.92 Å². The van der Waals surface area contributed by atoms with Crippen LogP contribution in [0.2, 0.25) is 0 Å². The first kappa shape index (κ1) is 24.4. The molecule has 0 amide bonds. The molecule has 0 spiro atoms. The lowest BCUT2D eigenvalue weighted by atomic mass is 9.46. The number of rotatable bonds is 3. The average Bonchev–Trinajstić information content (AvgIpc) is 3.00. The van der Waals surface area contributed by atoms with Crippen LogP contribution in [0.15, 0.2) is 23.8 Å². The maximum absolute atomic E-state index is 15.8. The van der Waals surface area contributed by atoms with Gasteiger partial charge in [-0.25, -0.2) is 9.18 Å². The quantitative estimate of drug-likeness (QED) is 0.286. The second-order valence-electron chi connectivity index (χ2n) is 10.7. The summed E-state index contributed by atoms with van der Waals surface area (Å²) < 4.78 is 26.0. The highest BCUT2D eigenvalue weighted by atomic mass is 35.5. The molecule has 0 heterocycles. The van der Waals surface area contributed by atoms with Crippen LogP contribution in [0, 0.1) is 34.5 Å². The molecule has 0 radical (unpaired) electrons. The minimum absolute atomic E-state index is 0.0266. The second-order valence-corrected chi connectivity index (χ2v) is 11.4. The summed E-state index contributed by atoms with van der Waals surface area (Å²) in [6.45, 7) is 6.93. The number of methoxy groups -OCH3 is 1. The van der Waals surface area contributed by atoms with Crippen LogP contribution in [0.4, 0.5) is 4.39 Å². The molecule has 0 aliphatic heterocycles. The van der Waals surface area contributed by atoms with Gasteiger partial charge in [-0.1, -0.05) is 26.8 Å². The van der Waals surface area contributed by atoms with Gasteiger partial charge in [0.25, 0.3) is 0 Å². The minimum Gasteiger partial charge on any atom is -0.469 e. The third-order valence-electron chi connectivity index (χ3n) is 9.04. The number of fused-ring (bicyclic) bond motifs is 5. The molecule has 3 saturated carbocycles. The minimum atomic E-state index is -1.36. The molecule has 3 fully saturated rings. The molecule has 33 heavy (non-hydrogen) atoms. The summed E-state index contributed by atoms with van der Waals surface area (Å²) in [5.74, 6) is -2.81. The zero-order valence-electron chi connectivity index (χ0n) is 19.6. The molecular weight excluding hydrogens is 451 g/mol. The Balaban J connectivity index is 1.73. The normalized spacial score (nSPS) is 48.1. The lowest BCUT2D eigenvalue weighted by Gasteiger charge is -2.63. The van der Waals surface area contributed by atoms with Crippen molar-refractivity contribution >= 4 is 29.3 Å². The van der Waals surface area contributed by atoms with Crippen molar-refractivity contribution in [3.8, 4) is 0 Å². The van der Waals surface area contributed by atoms with Crippen LogP contribution in [-0.2, 0) is 23.9 Å². The Morgan fingerprint density at radius 1 is 1.21 bits per heavy atom. The molecular formula is C25H32ClFO6. The van der Waals surface area contributed by atoms with Gasteiger partial charge in [0, 0.05) is 12.3 Å². The fourth-order valence-corrected chi connectivity index (χ4v) is 8.08. The number of aliphatic hydroxyl groups excluding tert-OH is 1. The predicted molar refractivity (Wildman–Crippen MR) is 119 cm³/mol. The molecule has 1 N–H and O–H groups in total. The number of hydrogen-bond acceptors (Lipinski definition) is 6. The van der Waals surface area contributed by atoms with E-state index in [1.807, 2.05) is 20.8 Å². The Bertz CT molecular complexity index is 947. The summed E-state index contributed by atoms with van der Waals surface area (Å²) >= 11 is 7.36. The van der Waals surface area contributed by atoms with Crippen LogP contribution in [-0.4, -0.2) is 53.2 Å². The number of allylic oxidation sites excluding steroid dienone is 2. The second kappa shape index (κ2) is 7.91. The number of halogens is 2. The molecule has 8 heteroatoms. The summed E-state index contributed by atoms with van der Waals surface area (Å²) in [7, 11) is 1.37. The third kappa shape index (κ3) is 3.25.